The van der Waals surface area contributed by atoms with Gasteiger partial charge in [-0.05, 0) is 32.2 Å². The van der Waals surface area contributed by atoms with E-state index in [9.17, 15) is 14.0 Å². The van der Waals surface area contributed by atoms with E-state index in [1.54, 1.807) is 0 Å². The molecule has 0 aliphatic carbocycles. The second-order valence-electron chi connectivity index (χ2n) is 3.97. The highest BCUT2D eigenvalue weighted by Crippen LogP contribution is 2.17. The van der Waals surface area contributed by atoms with Gasteiger partial charge in [0.2, 0.25) is 0 Å². The number of Topliss-reactive ketones (excluding diaryl/α,β-unsaturated/α-hetero) is 1. The van der Waals surface area contributed by atoms with Gasteiger partial charge in [0.1, 0.15) is 5.82 Å². The van der Waals surface area contributed by atoms with E-state index < -0.39 is 23.6 Å². The molecule has 0 bridgehead atoms. The van der Waals surface area contributed by atoms with Gasteiger partial charge in [-0.1, -0.05) is 11.6 Å². The van der Waals surface area contributed by atoms with E-state index in [1.165, 1.54) is 31.0 Å². The van der Waals surface area contributed by atoms with Crippen LogP contribution in [0.25, 0.3) is 0 Å². The number of carboxylic acid groups (broad SMARTS) is 1. The molecule has 98 valence electrons. The molecule has 0 aliphatic heterocycles. The molecule has 1 unspecified atom stereocenters. The third-order valence-electron chi connectivity index (χ3n) is 2.62. The Morgan fingerprint density at radius 1 is 1.50 bits per heavy atom. The van der Waals surface area contributed by atoms with E-state index in [4.69, 9.17) is 16.7 Å². The lowest BCUT2D eigenvalue weighted by atomic mass is 10.0. The van der Waals surface area contributed by atoms with E-state index in [0.29, 0.717) is 0 Å². The lowest BCUT2D eigenvalue weighted by Gasteiger charge is -2.21. The van der Waals surface area contributed by atoms with Gasteiger partial charge in [-0.2, -0.15) is 0 Å². The summed E-state index contributed by atoms with van der Waals surface area (Å²) in [4.78, 5) is 23.9. The summed E-state index contributed by atoms with van der Waals surface area (Å²) >= 11 is 5.70. The molecule has 0 saturated carbocycles. The molecule has 0 saturated heterocycles. The predicted molar refractivity (Wildman–Crippen MR) is 65.5 cm³/mol. The number of rotatable bonds is 5. The van der Waals surface area contributed by atoms with Crippen LogP contribution in [0.1, 0.15) is 17.3 Å². The summed E-state index contributed by atoms with van der Waals surface area (Å²) in [5.41, 5.74) is -0.132. The van der Waals surface area contributed by atoms with Gasteiger partial charge in [0, 0.05) is 5.02 Å². The zero-order valence-corrected chi connectivity index (χ0v) is 10.7. The molecule has 0 aliphatic rings. The number of hydrogen-bond acceptors (Lipinski definition) is 3. The van der Waals surface area contributed by atoms with Crippen LogP contribution in [0.5, 0.6) is 0 Å². The maximum atomic E-state index is 13.5. The number of nitrogens with zero attached hydrogens (tertiary/aromatic N) is 1. The Labute approximate surface area is 109 Å². The molecule has 1 aromatic rings. The molecule has 0 heterocycles. The van der Waals surface area contributed by atoms with Gasteiger partial charge in [-0.3, -0.25) is 14.5 Å². The molecule has 1 atom stereocenters. The van der Waals surface area contributed by atoms with E-state index in [2.05, 4.69) is 0 Å². The summed E-state index contributed by atoms with van der Waals surface area (Å²) in [6.07, 6.45) is 0. The highest BCUT2D eigenvalue weighted by molar-refractivity contribution is 6.31. The summed E-state index contributed by atoms with van der Waals surface area (Å²) in [5.74, 6) is -2.22. The van der Waals surface area contributed by atoms with E-state index >= 15 is 0 Å². The molecular weight excluding hydrogens is 261 g/mol. The highest BCUT2D eigenvalue weighted by atomic mass is 35.5. The lowest BCUT2D eigenvalue weighted by molar-refractivity contribution is -0.138. The first-order valence-electron chi connectivity index (χ1n) is 5.24. The maximum Gasteiger partial charge on any atom is 0.317 e. The van der Waals surface area contributed by atoms with Gasteiger partial charge in [-0.15, -0.1) is 0 Å². The number of hydrogen-bond donors (Lipinski definition) is 1. The molecule has 1 rings (SSSR count). The fraction of sp³-hybridized carbons (Fsp3) is 0.333. The van der Waals surface area contributed by atoms with Crippen LogP contribution in [0.15, 0.2) is 18.2 Å². The van der Waals surface area contributed by atoms with Crippen molar-refractivity contribution in [2.75, 3.05) is 13.6 Å². The van der Waals surface area contributed by atoms with Crippen LogP contribution in [0.4, 0.5) is 4.39 Å². The van der Waals surface area contributed by atoms with Crippen molar-refractivity contribution in [3.63, 3.8) is 0 Å². The number of carbonyl (C=O) groups excluding carboxylic acids is 1. The first-order chi connectivity index (χ1) is 8.32. The van der Waals surface area contributed by atoms with Crippen molar-refractivity contribution in [1.82, 2.24) is 4.90 Å². The summed E-state index contributed by atoms with van der Waals surface area (Å²) < 4.78 is 13.5. The number of carbonyl (C=O) groups is 2. The van der Waals surface area contributed by atoms with Crippen LogP contribution in [0, 0.1) is 5.82 Å². The first-order valence-corrected chi connectivity index (χ1v) is 5.62. The molecule has 0 spiro atoms. The van der Waals surface area contributed by atoms with Gasteiger partial charge >= 0.3 is 5.97 Å². The highest BCUT2D eigenvalue weighted by Gasteiger charge is 2.23. The smallest absolute Gasteiger partial charge is 0.317 e. The second kappa shape index (κ2) is 5.93. The Bertz CT molecular complexity index is 478. The minimum absolute atomic E-state index is 0.132. The normalized spacial score (nSPS) is 12.5. The molecule has 0 fully saturated rings. The van der Waals surface area contributed by atoms with Gasteiger partial charge in [0.25, 0.3) is 0 Å². The maximum absolute atomic E-state index is 13.5. The van der Waals surface area contributed by atoms with Crippen LogP contribution < -0.4 is 0 Å². The topological polar surface area (TPSA) is 57.6 Å². The number of ketones is 1. The molecule has 0 amide bonds. The molecule has 1 N–H and O–H groups in total. The van der Waals surface area contributed by atoms with Gasteiger partial charge in [-0.25, -0.2) is 4.39 Å². The molecule has 0 radical (unpaired) electrons. The van der Waals surface area contributed by atoms with Crippen LogP contribution in [0.2, 0.25) is 5.02 Å². The average Bonchev–Trinajstić information content (AvgIpc) is 2.29. The first kappa shape index (κ1) is 14.6. The summed E-state index contributed by atoms with van der Waals surface area (Å²) in [6, 6.07) is 2.96. The Balaban J connectivity index is 2.92. The average molecular weight is 274 g/mol. The zero-order valence-electron chi connectivity index (χ0n) is 9.98. The van der Waals surface area contributed by atoms with Crippen molar-refractivity contribution < 1.29 is 19.1 Å². The molecule has 0 aromatic heterocycles. The van der Waals surface area contributed by atoms with Crippen LogP contribution in [-0.2, 0) is 4.79 Å². The summed E-state index contributed by atoms with van der Waals surface area (Å²) in [5, 5.41) is 8.89. The lowest BCUT2D eigenvalue weighted by Crippen LogP contribution is -2.39. The van der Waals surface area contributed by atoms with Gasteiger partial charge < -0.3 is 5.11 Å². The molecular formula is C12H13ClFNO3. The number of benzene rings is 1. The Morgan fingerprint density at radius 3 is 2.67 bits per heavy atom. The molecule has 18 heavy (non-hydrogen) atoms. The minimum Gasteiger partial charge on any atom is -0.480 e. The minimum atomic E-state index is -1.05. The van der Waals surface area contributed by atoms with Crippen molar-refractivity contribution in [3.8, 4) is 0 Å². The third kappa shape index (κ3) is 3.51. The van der Waals surface area contributed by atoms with Gasteiger partial charge in [0.15, 0.2) is 5.78 Å². The summed E-state index contributed by atoms with van der Waals surface area (Å²) in [6.45, 7) is 1.22. The standard InChI is InChI=1S/C12H13ClFNO3/c1-7(15(2)6-11(16)17)12(18)9-5-8(13)3-4-10(9)14/h3-5,7H,6H2,1-2H3,(H,16,17). The van der Waals surface area contributed by atoms with E-state index in [0.717, 1.165) is 6.07 Å². The Morgan fingerprint density at radius 2 is 2.11 bits per heavy atom. The van der Waals surface area contributed by atoms with Gasteiger partial charge in [0.05, 0.1) is 18.2 Å². The fourth-order valence-corrected chi connectivity index (χ4v) is 1.63. The van der Waals surface area contributed by atoms with Crippen LogP contribution >= 0.6 is 11.6 Å². The summed E-state index contributed by atoms with van der Waals surface area (Å²) in [7, 11) is 1.49. The van der Waals surface area contributed by atoms with E-state index in [1.807, 2.05) is 0 Å². The van der Waals surface area contributed by atoms with Crippen molar-refractivity contribution in [3.05, 3.63) is 34.6 Å². The number of likely N-dealkylation sites (N-methyl/N-ethyl adjacent to an activating group) is 1. The Hall–Kier alpha value is -1.46. The quantitative estimate of drug-likeness (QED) is 0.835. The van der Waals surface area contributed by atoms with Crippen LogP contribution in [-0.4, -0.2) is 41.4 Å². The van der Waals surface area contributed by atoms with Crippen molar-refractivity contribution in [1.29, 1.82) is 0 Å². The fourth-order valence-electron chi connectivity index (χ4n) is 1.46. The SMILES string of the molecule is CC(C(=O)c1cc(Cl)ccc1F)N(C)CC(=O)O. The Kier molecular flexibility index (Phi) is 4.81. The predicted octanol–water partition coefficient (Wildman–Crippen LogP) is 2.07. The van der Waals surface area contributed by atoms with Crippen molar-refractivity contribution >= 4 is 23.4 Å². The largest absolute Gasteiger partial charge is 0.480 e. The second-order valence-corrected chi connectivity index (χ2v) is 4.41. The number of carboxylic acids is 1. The van der Waals surface area contributed by atoms with E-state index in [-0.39, 0.29) is 17.1 Å². The van der Waals surface area contributed by atoms with Crippen molar-refractivity contribution in [2.45, 2.75) is 13.0 Å². The molecule has 1 aromatic carbocycles. The number of halogens is 2. The van der Waals surface area contributed by atoms with Crippen LogP contribution in [0.3, 0.4) is 0 Å². The number of aliphatic carboxylic acids is 1. The third-order valence-corrected chi connectivity index (χ3v) is 2.85. The molecule has 6 heteroatoms. The zero-order chi connectivity index (χ0) is 13.9. The monoisotopic (exact) mass is 273 g/mol. The molecule has 4 nitrogen and oxygen atoms in total. The van der Waals surface area contributed by atoms with Crippen molar-refractivity contribution in [2.24, 2.45) is 0 Å².